The summed E-state index contributed by atoms with van der Waals surface area (Å²) in [5, 5.41) is 0. The van der Waals surface area contributed by atoms with Gasteiger partial charge in [-0.15, -0.1) is 0 Å². The topological polar surface area (TPSA) is 9.23 Å². The molecule has 0 fully saturated rings. The number of benzene rings is 1. The first-order chi connectivity index (χ1) is 8.38. The Labute approximate surface area is 106 Å². The van der Waals surface area contributed by atoms with Crippen molar-refractivity contribution in [3.63, 3.8) is 0 Å². The SMILES string of the molecule is CCCC/C=C(/OCCCC)c1ccccc1. The summed E-state index contributed by atoms with van der Waals surface area (Å²) in [5.74, 6) is 1.05. The van der Waals surface area contributed by atoms with Crippen molar-refractivity contribution >= 4 is 5.76 Å². The molecule has 1 nitrogen and oxygen atoms in total. The fraction of sp³-hybridized carbons (Fsp3) is 0.500. The van der Waals surface area contributed by atoms with Crippen molar-refractivity contribution < 1.29 is 4.74 Å². The first-order valence-corrected chi connectivity index (χ1v) is 6.76. The summed E-state index contributed by atoms with van der Waals surface area (Å²) in [6.07, 6.45) is 8.09. The average molecular weight is 232 g/mol. The van der Waals surface area contributed by atoms with Gasteiger partial charge in [0.1, 0.15) is 5.76 Å². The van der Waals surface area contributed by atoms with Crippen molar-refractivity contribution in [2.75, 3.05) is 6.61 Å². The number of ether oxygens (including phenoxy) is 1. The number of hydrogen-bond donors (Lipinski definition) is 0. The third-order valence-corrected chi connectivity index (χ3v) is 2.70. The Morgan fingerprint density at radius 3 is 2.41 bits per heavy atom. The maximum absolute atomic E-state index is 5.88. The van der Waals surface area contributed by atoms with E-state index in [0.29, 0.717) is 0 Å². The molecule has 0 N–H and O–H groups in total. The lowest BCUT2D eigenvalue weighted by atomic mass is 10.1. The summed E-state index contributed by atoms with van der Waals surface area (Å²) in [6, 6.07) is 10.4. The van der Waals surface area contributed by atoms with Gasteiger partial charge in [0.2, 0.25) is 0 Å². The van der Waals surface area contributed by atoms with Crippen LogP contribution < -0.4 is 0 Å². The Morgan fingerprint density at radius 1 is 1.06 bits per heavy atom. The van der Waals surface area contributed by atoms with Crippen LogP contribution in [0.2, 0.25) is 0 Å². The van der Waals surface area contributed by atoms with Crippen molar-refractivity contribution in [3.05, 3.63) is 42.0 Å². The van der Waals surface area contributed by atoms with E-state index in [9.17, 15) is 0 Å². The van der Waals surface area contributed by atoms with Gasteiger partial charge in [-0.2, -0.15) is 0 Å². The molecule has 94 valence electrons. The minimum atomic E-state index is 0.823. The van der Waals surface area contributed by atoms with E-state index in [1.54, 1.807) is 0 Å². The van der Waals surface area contributed by atoms with E-state index >= 15 is 0 Å². The lowest BCUT2D eigenvalue weighted by molar-refractivity contribution is 0.269. The summed E-state index contributed by atoms with van der Waals surface area (Å²) < 4.78 is 5.88. The quantitative estimate of drug-likeness (QED) is 0.451. The van der Waals surface area contributed by atoms with Crippen molar-refractivity contribution in [1.29, 1.82) is 0 Å². The lowest BCUT2D eigenvalue weighted by Crippen LogP contribution is -1.95. The van der Waals surface area contributed by atoms with Gasteiger partial charge in [-0.25, -0.2) is 0 Å². The van der Waals surface area contributed by atoms with Crippen LogP contribution in [0, 0.1) is 0 Å². The van der Waals surface area contributed by atoms with Crippen LogP contribution in [0.4, 0.5) is 0 Å². The molecule has 0 spiro atoms. The molecule has 0 atom stereocenters. The van der Waals surface area contributed by atoms with Crippen LogP contribution in [0.15, 0.2) is 36.4 Å². The Bertz CT molecular complexity index is 314. The molecule has 0 heterocycles. The average Bonchev–Trinajstić information content (AvgIpc) is 2.38. The Hall–Kier alpha value is -1.24. The third-order valence-electron chi connectivity index (χ3n) is 2.70. The molecule has 17 heavy (non-hydrogen) atoms. The van der Waals surface area contributed by atoms with Crippen molar-refractivity contribution in [2.45, 2.75) is 46.0 Å². The molecule has 0 amide bonds. The van der Waals surface area contributed by atoms with E-state index in [1.165, 1.54) is 24.8 Å². The van der Waals surface area contributed by atoms with Crippen LogP contribution in [0.1, 0.15) is 51.5 Å². The molecule has 0 aliphatic rings. The highest BCUT2D eigenvalue weighted by atomic mass is 16.5. The number of rotatable bonds is 8. The Kier molecular flexibility index (Phi) is 7.20. The second-order valence-electron chi connectivity index (χ2n) is 4.28. The molecular weight excluding hydrogens is 208 g/mol. The molecule has 0 aliphatic heterocycles. The Morgan fingerprint density at radius 2 is 1.76 bits per heavy atom. The van der Waals surface area contributed by atoms with Crippen LogP contribution >= 0.6 is 0 Å². The minimum absolute atomic E-state index is 0.823. The van der Waals surface area contributed by atoms with E-state index in [1.807, 2.05) is 6.07 Å². The third kappa shape index (κ3) is 5.58. The molecule has 1 aromatic rings. The van der Waals surface area contributed by atoms with E-state index in [0.717, 1.165) is 25.2 Å². The predicted octanol–water partition coefficient (Wildman–Crippen LogP) is 5.03. The van der Waals surface area contributed by atoms with Gasteiger partial charge in [-0.05, 0) is 25.3 Å². The van der Waals surface area contributed by atoms with E-state index < -0.39 is 0 Å². The zero-order chi connectivity index (χ0) is 12.3. The molecule has 1 heteroatoms. The normalized spacial score (nSPS) is 11.5. The second-order valence-corrected chi connectivity index (χ2v) is 4.28. The van der Waals surface area contributed by atoms with E-state index in [4.69, 9.17) is 4.74 Å². The van der Waals surface area contributed by atoms with Gasteiger partial charge in [0.05, 0.1) is 6.61 Å². The van der Waals surface area contributed by atoms with Crippen molar-refractivity contribution in [3.8, 4) is 0 Å². The molecule has 0 aliphatic carbocycles. The first-order valence-electron chi connectivity index (χ1n) is 6.76. The Balaban J connectivity index is 2.61. The van der Waals surface area contributed by atoms with Gasteiger partial charge in [0.25, 0.3) is 0 Å². The lowest BCUT2D eigenvalue weighted by Gasteiger charge is -2.10. The summed E-state index contributed by atoms with van der Waals surface area (Å²) >= 11 is 0. The molecule has 0 aromatic heterocycles. The van der Waals surface area contributed by atoms with Crippen LogP contribution in [0.25, 0.3) is 5.76 Å². The molecular formula is C16H24O. The maximum atomic E-state index is 5.88. The fourth-order valence-electron chi connectivity index (χ4n) is 1.63. The first kappa shape index (κ1) is 13.8. The molecule has 0 saturated heterocycles. The zero-order valence-electron chi connectivity index (χ0n) is 11.1. The molecule has 1 rings (SSSR count). The minimum Gasteiger partial charge on any atom is -0.493 e. The summed E-state index contributed by atoms with van der Waals surface area (Å²) in [5.41, 5.74) is 1.19. The van der Waals surface area contributed by atoms with Gasteiger partial charge in [-0.3, -0.25) is 0 Å². The van der Waals surface area contributed by atoms with Crippen molar-refractivity contribution in [1.82, 2.24) is 0 Å². The smallest absolute Gasteiger partial charge is 0.122 e. The molecule has 0 radical (unpaired) electrons. The molecule has 0 bridgehead atoms. The number of hydrogen-bond acceptors (Lipinski definition) is 1. The maximum Gasteiger partial charge on any atom is 0.122 e. The highest BCUT2D eigenvalue weighted by Crippen LogP contribution is 2.17. The van der Waals surface area contributed by atoms with Gasteiger partial charge in [0.15, 0.2) is 0 Å². The highest BCUT2D eigenvalue weighted by molar-refractivity contribution is 5.59. The van der Waals surface area contributed by atoms with Crippen LogP contribution in [-0.4, -0.2) is 6.61 Å². The van der Waals surface area contributed by atoms with Gasteiger partial charge in [-0.1, -0.05) is 57.0 Å². The van der Waals surface area contributed by atoms with Crippen molar-refractivity contribution in [2.24, 2.45) is 0 Å². The second kappa shape index (κ2) is 8.86. The predicted molar refractivity (Wildman–Crippen MR) is 74.8 cm³/mol. The highest BCUT2D eigenvalue weighted by Gasteiger charge is 2.01. The van der Waals surface area contributed by atoms with Gasteiger partial charge < -0.3 is 4.74 Å². The van der Waals surface area contributed by atoms with Gasteiger partial charge >= 0.3 is 0 Å². The van der Waals surface area contributed by atoms with Crippen LogP contribution in [0.5, 0.6) is 0 Å². The molecule has 1 aromatic carbocycles. The summed E-state index contributed by atoms with van der Waals surface area (Å²) in [7, 11) is 0. The fourth-order valence-corrected chi connectivity index (χ4v) is 1.63. The van der Waals surface area contributed by atoms with E-state index in [-0.39, 0.29) is 0 Å². The standard InChI is InChI=1S/C16H24O/c1-3-5-8-13-16(17-14-6-4-2)15-11-9-7-10-12-15/h7,9-13H,3-6,8,14H2,1-2H3/b16-13+. The number of allylic oxidation sites excluding steroid dienone is 1. The zero-order valence-corrected chi connectivity index (χ0v) is 11.1. The van der Waals surface area contributed by atoms with Gasteiger partial charge in [0, 0.05) is 5.56 Å². The monoisotopic (exact) mass is 232 g/mol. The molecule has 0 saturated carbocycles. The van der Waals surface area contributed by atoms with E-state index in [2.05, 4.69) is 44.2 Å². The van der Waals surface area contributed by atoms with Crippen LogP contribution in [0.3, 0.4) is 0 Å². The summed E-state index contributed by atoms with van der Waals surface area (Å²) in [4.78, 5) is 0. The molecule has 0 unspecified atom stereocenters. The summed E-state index contributed by atoms with van der Waals surface area (Å²) in [6.45, 7) is 5.23. The van der Waals surface area contributed by atoms with Crippen LogP contribution in [-0.2, 0) is 4.74 Å². The number of unbranched alkanes of at least 4 members (excludes halogenated alkanes) is 3. The largest absolute Gasteiger partial charge is 0.493 e.